The summed E-state index contributed by atoms with van der Waals surface area (Å²) in [7, 11) is 0. The zero-order chi connectivity index (χ0) is 12.3. The molecule has 0 radical (unpaired) electrons. The molecule has 0 spiro atoms. The predicted molar refractivity (Wildman–Crippen MR) is 66.5 cm³/mol. The minimum Gasteiger partial charge on any atom is -0.368 e. The van der Waals surface area contributed by atoms with Crippen LogP contribution in [0.15, 0.2) is 0 Å². The highest BCUT2D eigenvalue weighted by molar-refractivity contribution is 5.81. The maximum Gasteiger partial charge on any atom is 0.249 e. The fourth-order valence-electron chi connectivity index (χ4n) is 3.06. The molecule has 98 valence electrons. The van der Waals surface area contributed by atoms with E-state index < -0.39 is 0 Å². The molecule has 4 nitrogen and oxygen atoms in total. The van der Waals surface area contributed by atoms with Gasteiger partial charge in [-0.1, -0.05) is 19.8 Å². The van der Waals surface area contributed by atoms with Crippen molar-refractivity contribution in [2.45, 2.75) is 57.1 Å². The maximum atomic E-state index is 12.1. The molecule has 2 rings (SSSR count). The van der Waals surface area contributed by atoms with Gasteiger partial charge in [-0.15, -0.1) is 0 Å². The van der Waals surface area contributed by atoms with Gasteiger partial charge >= 0.3 is 0 Å². The third kappa shape index (κ3) is 2.63. The number of amides is 1. The molecule has 0 bridgehead atoms. The highest BCUT2D eigenvalue weighted by Crippen LogP contribution is 2.33. The van der Waals surface area contributed by atoms with Crippen molar-refractivity contribution in [2.24, 2.45) is 11.7 Å². The number of ether oxygens (including phenoxy) is 1. The van der Waals surface area contributed by atoms with Crippen LogP contribution in [0.25, 0.3) is 0 Å². The standard InChI is InChI=1S/C13H24N2O2/c1-10-5-2-3-7-13(10,9-14)15-12(16)11-6-4-8-17-11/h10-11H,2-9,14H2,1H3,(H,15,16)/t10?,11-,13?/m1/s1. The molecule has 1 saturated carbocycles. The first kappa shape index (κ1) is 12.8. The lowest BCUT2D eigenvalue weighted by atomic mass is 9.73. The van der Waals surface area contributed by atoms with Crippen molar-refractivity contribution in [2.75, 3.05) is 13.2 Å². The van der Waals surface area contributed by atoms with Crippen molar-refractivity contribution in [3.63, 3.8) is 0 Å². The van der Waals surface area contributed by atoms with E-state index in [1.165, 1.54) is 6.42 Å². The van der Waals surface area contributed by atoms with E-state index in [0.29, 0.717) is 19.1 Å². The fraction of sp³-hybridized carbons (Fsp3) is 0.923. The van der Waals surface area contributed by atoms with Crippen LogP contribution in [0.4, 0.5) is 0 Å². The van der Waals surface area contributed by atoms with Crippen LogP contribution in [0.3, 0.4) is 0 Å². The van der Waals surface area contributed by atoms with E-state index in [9.17, 15) is 4.79 Å². The summed E-state index contributed by atoms with van der Waals surface area (Å²) in [6.07, 6.45) is 6.16. The second-order valence-electron chi connectivity index (χ2n) is 5.50. The van der Waals surface area contributed by atoms with Gasteiger partial charge in [0.25, 0.3) is 0 Å². The monoisotopic (exact) mass is 240 g/mol. The molecule has 0 aromatic carbocycles. The molecule has 2 unspecified atom stereocenters. The molecule has 1 heterocycles. The topological polar surface area (TPSA) is 64.3 Å². The Morgan fingerprint density at radius 3 is 2.82 bits per heavy atom. The van der Waals surface area contributed by atoms with E-state index in [4.69, 9.17) is 10.5 Å². The Balaban J connectivity index is 1.99. The molecule has 4 heteroatoms. The summed E-state index contributed by atoms with van der Waals surface area (Å²) in [6.45, 7) is 3.44. The number of hydrogen-bond acceptors (Lipinski definition) is 3. The van der Waals surface area contributed by atoms with Crippen molar-refractivity contribution in [1.29, 1.82) is 0 Å². The summed E-state index contributed by atoms with van der Waals surface area (Å²) < 4.78 is 5.43. The van der Waals surface area contributed by atoms with Crippen LogP contribution in [0.5, 0.6) is 0 Å². The van der Waals surface area contributed by atoms with Gasteiger partial charge in [0.1, 0.15) is 6.10 Å². The highest BCUT2D eigenvalue weighted by atomic mass is 16.5. The molecule has 1 aliphatic heterocycles. The third-order valence-electron chi connectivity index (χ3n) is 4.41. The second-order valence-corrected chi connectivity index (χ2v) is 5.50. The van der Waals surface area contributed by atoms with E-state index in [-0.39, 0.29) is 17.6 Å². The zero-order valence-electron chi connectivity index (χ0n) is 10.7. The van der Waals surface area contributed by atoms with Crippen LogP contribution in [-0.4, -0.2) is 30.7 Å². The molecular weight excluding hydrogens is 216 g/mol. The molecule has 1 aliphatic carbocycles. The summed E-state index contributed by atoms with van der Waals surface area (Å²) in [5, 5.41) is 3.18. The number of carbonyl (C=O) groups excluding carboxylic acids is 1. The van der Waals surface area contributed by atoms with Gasteiger partial charge in [-0.05, 0) is 31.6 Å². The molecule has 2 aliphatic rings. The first-order valence-corrected chi connectivity index (χ1v) is 6.82. The Morgan fingerprint density at radius 1 is 1.41 bits per heavy atom. The van der Waals surface area contributed by atoms with Gasteiger partial charge in [0.15, 0.2) is 0 Å². The average molecular weight is 240 g/mol. The summed E-state index contributed by atoms with van der Waals surface area (Å²) >= 11 is 0. The van der Waals surface area contributed by atoms with Crippen LogP contribution in [-0.2, 0) is 9.53 Å². The normalized spacial score (nSPS) is 38.0. The van der Waals surface area contributed by atoms with Crippen molar-refractivity contribution in [3.8, 4) is 0 Å². The molecule has 17 heavy (non-hydrogen) atoms. The first-order valence-electron chi connectivity index (χ1n) is 6.82. The Kier molecular flexibility index (Phi) is 4.05. The van der Waals surface area contributed by atoms with E-state index in [1.54, 1.807) is 0 Å². The van der Waals surface area contributed by atoms with Crippen LogP contribution < -0.4 is 11.1 Å². The van der Waals surface area contributed by atoms with E-state index >= 15 is 0 Å². The first-order chi connectivity index (χ1) is 8.18. The smallest absolute Gasteiger partial charge is 0.249 e. The molecule has 3 atom stereocenters. The summed E-state index contributed by atoms with van der Waals surface area (Å²) in [5.41, 5.74) is 5.73. The van der Waals surface area contributed by atoms with Crippen LogP contribution in [0, 0.1) is 5.92 Å². The van der Waals surface area contributed by atoms with Gasteiger partial charge in [0.2, 0.25) is 5.91 Å². The lowest BCUT2D eigenvalue weighted by Crippen LogP contribution is -2.60. The fourth-order valence-corrected chi connectivity index (χ4v) is 3.06. The second kappa shape index (κ2) is 5.36. The Labute approximate surface area is 103 Å². The number of rotatable bonds is 3. The van der Waals surface area contributed by atoms with Crippen molar-refractivity contribution >= 4 is 5.91 Å². The van der Waals surface area contributed by atoms with Gasteiger partial charge in [-0.2, -0.15) is 0 Å². The van der Waals surface area contributed by atoms with Gasteiger partial charge < -0.3 is 15.8 Å². The van der Waals surface area contributed by atoms with E-state index in [2.05, 4.69) is 12.2 Å². The van der Waals surface area contributed by atoms with E-state index in [0.717, 1.165) is 32.1 Å². The third-order valence-corrected chi connectivity index (χ3v) is 4.41. The Morgan fingerprint density at radius 2 is 2.24 bits per heavy atom. The molecule has 2 fully saturated rings. The Hall–Kier alpha value is -0.610. The van der Waals surface area contributed by atoms with Gasteiger partial charge in [-0.3, -0.25) is 4.79 Å². The van der Waals surface area contributed by atoms with Crippen molar-refractivity contribution < 1.29 is 9.53 Å². The van der Waals surface area contributed by atoms with Gasteiger partial charge in [-0.25, -0.2) is 0 Å². The molecule has 1 saturated heterocycles. The summed E-state index contributed by atoms with van der Waals surface area (Å²) in [4.78, 5) is 12.1. The molecule has 0 aromatic heterocycles. The zero-order valence-corrected chi connectivity index (χ0v) is 10.7. The van der Waals surface area contributed by atoms with Crippen LogP contribution in [0.1, 0.15) is 45.4 Å². The summed E-state index contributed by atoms with van der Waals surface area (Å²) in [6, 6.07) is 0. The average Bonchev–Trinajstić information content (AvgIpc) is 2.86. The highest BCUT2D eigenvalue weighted by Gasteiger charge is 2.40. The van der Waals surface area contributed by atoms with Crippen molar-refractivity contribution in [1.82, 2.24) is 5.32 Å². The maximum absolute atomic E-state index is 12.1. The van der Waals surface area contributed by atoms with E-state index in [1.807, 2.05) is 0 Å². The number of nitrogens with two attached hydrogens (primary N) is 1. The SMILES string of the molecule is CC1CCCCC1(CN)NC(=O)[C@H]1CCCO1. The largest absolute Gasteiger partial charge is 0.368 e. The quantitative estimate of drug-likeness (QED) is 0.779. The van der Waals surface area contributed by atoms with Crippen LogP contribution in [0.2, 0.25) is 0 Å². The lowest BCUT2D eigenvalue weighted by Gasteiger charge is -2.43. The minimum absolute atomic E-state index is 0.0432. The number of nitrogens with one attached hydrogen (secondary N) is 1. The van der Waals surface area contributed by atoms with Gasteiger partial charge in [0.05, 0.1) is 5.54 Å². The predicted octanol–water partition coefficient (Wildman–Crippen LogP) is 1.19. The molecular formula is C13H24N2O2. The Bertz CT molecular complexity index is 277. The summed E-state index contributed by atoms with van der Waals surface area (Å²) in [5.74, 6) is 0.508. The molecule has 3 N–H and O–H groups in total. The minimum atomic E-state index is -0.243. The lowest BCUT2D eigenvalue weighted by molar-refractivity contribution is -0.133. The van der Waals surface area contributed by atoms with Crippen LogP contribution >= 0.6 is 0 Å². The number of carbonyl (C=O) groups is 1. The molecule has 0 aromatic rings. The van der Waals surface area contributed by atoms with Crippen molar-refractivity contribution in [3.05, 3.63) is 0 Å². The number of hydrogen-bond donors (Lipinski definition) is 2. The molecule has 1 amide bonds. The van der Waals surface area contributed by atoms with Gasteiger partial charge in [0, 0.05) is 13.2 Å².